The van der Waals surface area contributed by atoms with Gasteiger partial charge in [-0.1, -0.05) is 19.9 Å². The number of phenols is 2. The molecule has 1 aromatic rings. The molecule has 0 heterocycles. The molecule has 0 aliphatic rings. The van der Waals surface area contributed by atoms with Gasteiger partial charge in [0.05, 0.1) is 6.04 Å². The molecule has 0 bridgehead atoms. The fourth-order valence-corrected chi connectivity index (χ4v) is 1.52. The van der Waals surface area contributed by atoms with Crippen molar-refractivity contribution in [2.45, 2.75) is 33.4 Å². The van der Waals surface area contributed by atoms with Crippen molar-refractivity contribution in [1.29, 1.82) is 0 Å². The molecule has 106 valence electrons. The van der Waals surface area contributed by atoms with Crippen molar-refractivity contribution in [3.8, 4) is 11.5 Å². The fourth-order valence-electron chi connectivity index (χ4n) is 1.52. The first kappa shape index (κ1) is 15.3. The van der Waals surface area contributed by atoms with Gasteiger partial charge in [0.25, 0.3) is 0 Å². The summed E-state index contributed by atoms with van der Waals surface area (Å²) in [5.74, 6) is 0.385. The highest BCUT2D eigenvalue weighted by molar-refractivity contribution is 5.81. The number of hydrogen-bond donors (Lipinski definition) is 4. The Balaban J connectivity index is 2.45. The number of phenolic OH excluding ortho intramolecular Hbond substituents is 2. The smallest absolute Gasteiger partial charge is 0.236 e. The number of benzene rings is 1. The Labute approximate surface area is 113 Å². The molecule has 5 heteroatoms. The van der Waals surface area contributed by atoms with Crippen LogP contribution in [0, 0.1) is 5.92 Å². The monoisotopic (exact) mass is 266 g/mol. The van der Waals surface area contributed by atoms with Crippen molar-refractivity contribution in [2.75, 3.05) is 6.54 Å². The molecule has 0 fully saturated rings. The van der Waals surface area contributed by atoms with E-state index in [1.54, 1.807) is 13.0 Å². The minimum atomic E-state index is -0.341. The fraction of sp³-hybridized carbons (Fsp3) is 0.500. The molecule has 1 unspecified atom stereocenters. The van der Waals surface area contributed by atoms with Gasteiger partial charge >= 0.3 is 0 Å². The maximum Gasteiger partial charge on any atom is 0.236 e. The van der Waals surface area contributed by atoms with Crippen LogP contribution in [0.4, 0.5) is 0 Å². The molecule has 1 amide bonds. The zero-order chi connectivity index (χ0) is 14.4. The van der Waals surface area contributed by atoms with Gasteiger partial charge in [-0.25, -0.2) is 0 Å². The third-order valence-corrected chi connectivity index (χ3v) is 2.75. The summed E-state index contributed by atoms with van der Waals surface area (Å²) in [6.07, 6.45) is 0. The highest BCUT2D eigenvalue weighted by atomic mass is 16.3. The highest BCUT2D eigenvalue weighted by Crippen LogP contribution is 2.22. The van der Waals surface area contributed by atoms with Crippen LogP contribution >= 0.6 is 0 Å². The first-order chi connectivity index (χ1) is 8.90. The maximum absolute atomic E-state index is 11.7. The highest BCUT2D eigenvalue weighted by Gasteiger charge is 2.13. The topological polar surface area (TPSA) is 81.6 Å². The maximum atomic E-state index is 11.7. The van der Waals surface area contributed by atoms with Gasteiger partial charge in [-0.2, -0.15) is 0 Å². The minimum absolute atomic E-state index is 0.0160. The number of rotatable bonds is 6. The van der Waals surface area contributed by atoms with Crippen LogP contribution < -0.4 is 10.6 Å². The molecule has 0 spiro atoms. The Morgan fingerprint density at radius 1 is 1.26 bits per heavy atom. The third-order valence-electron chi connectivity index (χ3n) is 2.75. The second kappa shape index (κ2) is 6.99. The van der Waals surface area contributed by atoms with E-state index in [9.17, 15) is 15.0 Å². The molecule has 1 rings (SSSR count). The molecule has 0 aromatic heterocycles. The lowest BCUT2D eigenvalue weighted by Crippen LogP contribution is -2.42. The van der Waals surface area contributed by atoms with E-state index in [2.05, 4.69) is 10.6 Å². The summed E-state index contributed by atoms with van der Waals surface area (Å²) in [5.41, 5.74) is 0.640. The number of aromatic hydroxyl groups is 2. The number of amides is 1. The molecule has 19 heavy (non-hydrogen) atoms. The van der Waals surface area contributed by atoms with Gasteiger partial charge in [-0.3, -0.25) is 4.79 Å². The normalized spacial score (nSPS) is 12.4. The summed E-state index contributed by atoms with van der Waals surface area (Å²) in [7, 11) is 0. The summed E-state index contributed by atoms with van der Waals surface area (Å²) in [6, 6.07) is 4.06. The average molecular weight is 266 g/mol. The van der Waals surface area contributed by atoms with Crippen molar-refractivity contribution in [2.24, 2.45) is 5.92 Å². The number of nitrogens with one attached hydrogen (secondary N) is 2. The van der Waals surface area contributed by atoms with Crippen LogP contribution in [0.3, 0.4) is 0 Å². The van der Waals surface area contributed by atoms with Crippen molar-refractivity contribution in [3.05, 3.63) is 23.8 Å². The molecule has 0 saturated heterocycles. The van der Waals surface area contributed by atoms with Gasteiger partial charge in [-0.05, 0) is 18.9 Å². The van der Waals surface area contributed by atoms with Gasteiger partial charge in [0.15, 0.2) is 0 Å². The lowest BCUT2D eigenvalue weighted by molar-refractivity contribution is -0.122. The molecular weight excluding hydrogens is 244 g/mol. The molecule has 4 N–H and O–H groups in total. The van der Waals surface area contributed by atoms with Crippen molar-refractivity contribution >= 4 is 5.91 Å². The quantitative estimate of drug-likeness (QED) is 0.626. The van der Waals surface area contributed by atoms with Gasteiger partial charge in [0.2, 0.25) is 5.91 Å². The van der Waals surface area contributed by atoms with Crippen LogP contribution in [-0.4, -0.2) is 28.7 Å². The van der Waals surface area contributed by atoms with Gasteiger partial charge in [0, 0.05) is 24.7 Å². The predicted octanol–water partition coefficient (Wildman–Crippen LogP) is 1.35. The molecular formula is C14H22N2O3. The first-order valence-corrected chi connectivity index (χ1v) is 6.42. The van der Waals surface area contributed by atoms with Gasteiger partial charge in [0.1, 0.15) is 11.5 Å². The Morgan fingerprint density at radius 3 is 2.53 bits per heavy atom. The van der Waals surface area contributed by atoms with E-state index in [-0.39, 0.29) is 23.4 Å². The molecule has 5 nitrogen and oxygen atoms in total. The summed E-state index contributed by atoms with van der Waals surface area (Å²) in [5, 5.41) is 24.7. The van der Waals surface area contributed by atoms with Crippen LogP contribution in [0.2, 0.25) is 0 Å². The van der Waals surface area contributed by atoms with Crippen LogP contribution in [0.1, 0.15) is 26.3 Å². The SMILES string of the molecule is CC(C)CNC(=O)C(C)NCc1ccc(O)cc1O. The third kappa shape index (κ3) is 5.18. The molecule has 0 aliphatic carbocycles. The Kier molecular flexibility index (Phi) is 5.63. The first-order valence-electron chi connectivity index (χ1n) is 6.42. The lowest BCUT2D eigenvalue weighted by Gasteiger charge is -2.15. The molecule has 0 aliphatic heterocycles. The minimum Gasteiger partial charge on any atom is -0.508 e. The van der Waals surface area contributed by atoms with Gasteiger partial charge in [-0.15, -0.1) is 0 Å². The summed E-state index contributed by atoms with van der Waals surface area (Å²) >= 11 is 0. The standard InChI is InChI=1S/C14H22N2O3/c1-9(2)7-16-14(19)10(3)15-8-11-4-5-12(17)6-13(11)18/h4-6,9-10,15,17-18H,7-8H2,1-3H3,(H,16,19). The Morgan fingerprint density at radius 2 is 1.95 bits per heavy atom. The average Bonchev–Trinajstić information content (AvgIpc) is 2.34. The van der Waals surface area contributed by atoms with E-state index < -0.39 is 0 Å². The number of carbonyl (C=O) groups is 1. The lowest BCUT2D eigenvalue weighted by atomic mass is 10.1. The van der Waals surface area contributed by atoms with E-state index in [4.69, 9.17) is 0 Å². The van der Waals surface area contributed by atoms with Crippen molar-refractivity contribution in [1.82, 2.24) is 10.6 Å². The molecule has 0 saturated carbocycles. The van der Waals surface area contributed by atoms with Crippen LogP contribution in [-0.2, 0) is 11.3 Å². The van der Waals surface area contributed by atoms with Crippen LogP contribution in [0.25, 0.3) is 0 Å². The Bertz CT molecular complexity index is 433. The number of hydrogen-bond acceptors (Lipinski definition) is 4. The summed E-state index contributed by atoms with van der Waals surface area (Å²) < 4.78 is 0. The van der Waals surface area contributed by atoms with Crippen LogP contribution in [0.5, 0.6) is 11.5 Å². The van der Waals surface area contributed by atoms with Gasteiger partial charge < -0.3 is 20.8 Å². The van der Waals surface area contributed by atoms with E-state index in [0.717, 1.165) is 0 Å². The van der Waals surface area contributed by atoms with E-state index >= 15 is 0 Å². The van der Waals surface area contributed by atoms with Crippen molar-refractivity contribution < 1.29 is 15.0 Å². The zero-order valence-corrected chi connectivity index (χ0v) is 11.6. The summed E-state index contributed by atoms with van der Waals surface area (Å²) in [4.78, 5) is 11.7. The predicted molar refractivity (Wildman–Crippen MR) is 73.9 cm³/mol. The van der Waals surface area contributed by atoms with E-state index in [1.807, 2.05) is 13.8 Å². The largest absolute Gasteiger partial charge is 0.508 e. The van der Waals surface area contributed by atoms with E-state index in [1.165, 1.54) is 12.1 Å². The zero-order valence-electron chi connectivity index (χ0n) is 11.6. The van der Waals surface area contributed by atoms with Crippen LogP contribution in [0.15, 0.2) is 18.2 Å². The summed E-state index contributed by atoms with van der Waals surface area (Å²) in [6.45, 7) is 6.85. The molecule has 1 aromatic carbocycles. The second-order valence-electron chi connectivity index (χ2n) is 5.05. The second-order valence-corrected chi connectivity index (χ2v) is 5.05. The Hall–Kier alpha value is -1.75. The molecule has 0 radical (unpaired) electrons. The molecule has 1 atom stereocenters. The van der Waals surface area contributed by atoms with Crippen molar-refractivity contribution in [3.63, 3.8) is 0 Å². The number of carbonyl (C=O) groups excluding carboxylic acids is 1. The van der Waals surface area contributed by atoms with E-state index in [0.29, 0.717) is 24.6 Å².